The van der Waals surface area contributed by atoms with E-state index >= 15 is 0 Å². The molecule has 0 heterocycles. The lowest BCUT2D eigenvalue weighted by molar-refractivity contribution is 0.0696. The number of hydrogen-bond donors (Lipinski definition) is 2. The maximum Gasteiger partial charge on any atom is 0.335 e. The monoisotopic (exact) mass is 195 g/mol. The van der Waals surface area contributed by atoms with E-state index in [9.17, 15) is 9.18 Å². The normalized spacial score (nSPS) is 19.4. The molecule has 0 spiro atoms. The Hall–Kier alpha value is -1.42. The highest BCUT2D eigenvalue weighted by molar-refractivity contribution is 5.88. The number of halogens is 1. The molecule has 4 heteroatoms. The Morgan fingerprint density at radius 3 is 2.93 bits per heavy atom. The number of carbonyl (C=O) groups is 1. The number of fused-ring (bicyclic) bond motifs is 1. The van der Waals surface area contributed by atoms with E-state index in [0.29, 0.717) is 24.0 Å². The highest BCUT2D eigenvalue weighted by Crippen LogP contribution is 2.31. The standard InChI is InChI=1S/C10H10FNO2/c11-8-4-5(10(13)14)3-7-6(8)1-2-9(7)12/h3-4,9H,1-2,12H2,(H,13,14)/t9-/m1/s1. The minimum Gasteiger partial charge on any atom is -0.478 e. The fourth-order valence-corrected chi connectivity index (χ4v) is 1.83. The summed E-state index contributed by atoms with van der Waals surface area (Å²) in [5.41, 5.74) is 6.91. The molecule has 0 bridgehead atoms. The molecular formula is C10H10FNO2. The van der Waals surface area contributed by atoms with Crippen LogP contribution in [0.3, 0.4) is 0 Å². The second kappa shape index (κ2) is 3.06. The third-order valence-corrected chi connectivity index (χ3v) is 2.58. The molecule has 0 radical (unpaired) electrons. The molecule has 0 saturated heterocycles. The summed E-state index contributed by atoms with van der Waals surface area (Å²) >= 11 is 0. The van der Waals surface area contributed by atoms with E-state index < -0.39 is 11.8 Å². The summed E-state index contributed by atoms with van der Waals surface area (Å²) in [6.07, 6.45) is 1.29. The fraction of sp³-hybridized carbons (Fsp3) is 0.300. The predicted molar refractivity (Wildman–Crippen MR) is 48.6 cm³/mol. The minimum atomic E-state index is -1.12. The van der Waals surface area contributed by atoms with Crippen molar-refractivity contribution in [2.45, 2.75) is 18.9 Å². The first-order valence-corrected chi connectivity index (χ1v) is 4.41. The topological polar surface area (TPSA) is 63.3 Å². The highest BCUT2D eigenvalue weighted by Gasteiger charge is 2.24. The molecule has 0 amide bonds. The Morgan fingerprint density at radius 2 is 2.29 bits per heavy atom. The van der Waals surface area contributed by atoms with E-state index in [0.717, 1.165) is 6.07 Å². The van der Waals surface area contributed by atoms with Gasteiger partial charge in [-0.1, -0.05) is 0 Å². The summed E-state index contributed by atoms with van der Waals surface area (Å²) in [6.45, 7) is 0. The molecule has 1 aromatic rings. The molecule has 1 aliphatic rings. The van der Waals surface area contributed by atoms with E-state index in [1.54, 1.807) is 0 Å². The SMILES string of the molecule is N[C@@H]1CCc2c(F)cc(C(=O)O)cc21. The van der Waals surface area contributed by atoms with Crippen LogP contribution in [0.25, 0.3) is 0 Å². The molecule has 14 heavy (non-hydrogen) atoms. The van der Waals surface area contributed by atoms with Crippen LogP contribution in [0, 0.1) is 5.82 Å². The van der Waals surface area contributed by atoms with E-state index in [4.69, 9.17) is 10.8 Å². The molecule has 1 aliphatic carbocycles. The third kappa shape index (κ3) is 1.28. The summed E-state index contributed by atoms with van der Waals surface area (Å²) in [6, 6.07) is 2.30. The van der Waals surface area contributed by atoms with E-state index in [-0.39, 0.29) is 11.6 Å². The summed E-state index contributed by atoms with van der Waals surface area (Å²) in [5.74, 6) is -1.57. The molecule has 3 nitrogen and oxygen atoms in total. The lowest BCUT2D eigenvalue weighted by Crippen LogP contribution is -2.07. The van der Waals surface area contributed by atoms with Gasteiger partial charge in [-0.25, -0.2) is 9.18 Å². The maximum atomic E-state index is 13.4. The van der Waals surface area contributed by atoms with Crippen LogP contribution in [0.1, 0.15) is 33.9 Å². The van der Waals surface area contributed by atoms with Crippen LogP contribution in [-0.2, 0) is 6.42 Å². The second-order valence-electron chi connectivity index (χ2n) is 3.48. The summed E-state index contributed by atoms with van der Waals surface area (Å²) in [4.78, 5) is 10.7. The van der Waals surface area contributed by atoms with Gasteiger partial charge in [0, 0.05) is 6.04 Å². The minimum absolute atomic E-state index is 0.0291. The number of hydrogen-bond acceptors (Lipinski definition) is 2. The Labute approximate surface area is 80.3 Å². The fourth-order valence-electron chi connectivity index (χ4n) is 1.83. The highest BCUT2D eigenvalue weighted by atomic mass is 19.1. The van der Waals surface area contributed by atoms with Crippen LogP contribution in [0.15, 0.2) is 12.1 Å². The number of rotatable bonds is 1. The Balaban J connectivity index is 2.58. The number of carboxylic acids is 1. The lowest BCUT2D eigenvalue weighted by atomic mass is 10.0. The van der Waals surface area contributed by atoms with Gasteiger partial charge in [0.2, 0.25) is 0 Å². The van der Waals surface area contributed by atoms with Gasteiger partial charge < -0.3 is 10.8 Å². The molecule has 0 fully saturated rings. The van der Waals surface area contributed by atoms with Crippen molar-refractivity contribution in [3.63, 3.8) is 0 Å². The van der Waals surface area contributed by atoms with Crippen LogP contribution in [0.4, 0.5) is 4.39 Å². The summed E-state index contributed by atoms with van der Waals surface area (Å²) in [7, 11) is 0. The number of carboxylic acid groups (broad SMARTS) is 1. The molecule has 1 aromatic carbocycles. The van der Waals surface area contributed by atoms with Gasteiger partial charge in [-0.3, -0.25) is 0 Å². The second-order valence-corrected chi connectivity index (χ2v) is 3.48. The Bertz CT molecular complexity index is 403. The van der Waals surface area contributed by atoms with Gasteiger partial charge in [0.05, 0.1) is 5.56 Å². The number of nitrogens with two attached hydrogens (primary N) is 1. The number of benzene rings is 1. The van der Waals surface area contributed by atoms with Crippen LogP contribution in [-0.4, -0.2) is 11.1 Å². The average molecular weight is 195 g/mol. The molecule has 74 valence electrons. The van der Waals surface area contributed by atoms with Crippen molar-refractivity contribution in [3.05, 3.63) is 34.6 Å². The lowest BCUT2D eigenvalue weighted by Gasteiger charge is -2.06. The Kier molecular flexibility index (Phi) is 2.00. The van der Waals surface area contributed by atoms with Crippen molar-refractivity contribution in [2.75, 3.05) is 0 Å². The van der Waals surface area contributed by atoms with Gasteiger partial charge in [0.15, 0.2) is 0 Å². The van der Waals surface area contributed by atoms with Gasteiger partial charge in [0.1, 0.15) is 5.82 Å². The van der Waals surface area contributed by atoms with Crippen molar-refractivity contribution in [2.24, 2.45) is 5.73 Å². The van der Waals surface area contributed by atoms with Gasteiger partial charge in [0.25, 0.3) is 0 Å². The first-order valence-electron chi connectivity index (χ1n) is 4.41. The molecule has 1 atom stereocenters. The average Bonchev–Trinajstić information content (AvgIpc) is 2.48. The van der Waals surface area contributed by atoms with E-state index in [1.165, 1.54) is 6.07 Å². The van der Waals surface area contributed by atoms with Crippen LogP contribution < -0.4 is 5.73 Å². The molecular weight excluding hydrogens is 185 g/mol. The zero-order valence-corrected chi connectivity index (χ0v) is 7.46. The van der Waals surface area contributed by atoms with Crippen molar-refractivity contribution >= 4 is 5.97 Å². The zero-order valence-electron chi connectivity index (χ0n) is 7.46. The van der Waals surface area contributed by atoms with Crippen molar-refractivity contribution in [3.8, 4) is 0 Å². The van der Waals surface area contributed by atoms with Crippen LogP contribution >= 0.6 is 0 Å². The van der Waals surface area contributed by atoms with Gasteiger partial charge in [-0.15, -0.1) is 0 Å². The van der Waals surface area contributed by atoms with Gasteiger partial charge in [-0.05, 0) is 36.1 Å². The van der Waals surface area contributed by atoms with Gasteiger partial charge in [-0.2, -0.15) is 0 Å². The third-order valence-electron chi connectivity index (χ3n) is 2.58. The Morgan fingerprint density at radius 1 is 1.57 bits per heavy atom. The largest absolute Gasteiger partial charge is 0.478 e. The molecule has 0 saturated carbocycles. The van der Waals surface area contributed by atoms with E-state index in [1.807, 2.05) is 0 Å². The molecule has 0 aromatic heterocycles. The van der Waals surface area contributed by atoms with E-state index in [2.05, 4.69) is 0 Å². The van der Waals surface area contributed by atoms with Crippen molar-refractivity contribution in [1.29, 1.82) is 0 Å². The molecule has 3 N–H and O–H groups in total. The molecule has 2 rings (SSSR count). The molecule has 0 unspecified atom stereocenters. The predicted octanol–water partition coefficient (Wildman–Crippen LogP) is 1.47. The first-order chi connectivity index (χ1) is 6.59. The smallest absolute Gasteiger partial charge is 0.335 e. The summed E-state index contributed by atoms with van der Waals surface area (Å²) in [5, 5.41) is 8.72. The van der Waals surface area contributed by atoms with Crippen molar-refractivity contribution < 1.29 is 14.3 Å². The van der Waals surface area contributed by atoms with Crippen LogP contribution in [0.2, 0.25) is 0 Å². The molecule has 0 aliphatic heterocycles. The first kappa shape index (κ1) is 9.15. The van der Waals surface area contributed by atoms with Crippen molar-refractivity contribution in [1.82, 2.24) is 0 Å². The van der Waals surface area contributed by atoms with Gasteiger partial charge >= 0.3 is 5.97 Å². The zero-order chi connectivity index (χ0) is 10.3. The quantitative estimate of drug-likeness (QED) is 0.713. The maximum absolute atomic E-state index is 13.4. The summed E-state index contributed by atoms with van der Waals surface area (Å²) < 4.78 is 13.4. The number of aromatic carboxylic acids is 1. The van der Waals surface area contributed by atoms with Crippen LogP contribution in [0.5, 0.6) is 0 Å².